The second-order valence-corrected chi connectivity index (χ2v) is 6.62. The van der Waals surface area contributed by atoms with E-state index in [1.165, 1.54) is 38.9 Å². The summed E-state index contributed by atoms with van der Waals surface area (Å²) in [5.74, 6) is 0. The van der Waals surface area contributed by atoms with Gasteiger partial charge in [-0.1, -0.05) is 72.8 Å². The number of rotatable bonds is 4. The van der Waals surface area contributed by atoms with E-state index in [0.717, 1.165) is 0 Å². The van der Waals surface area contributed by atoms with Gasteiger partial charge in [0.05, 0.1) is 0 Å². The van der Waals surface area contributed by atoms with Crippen LogP contribution in [0.1, 0.15) is 40.8 Å². The third-order valence-electron chi connectivity index (χ3n) is 4.73. The molecule has 0 saturated heterocycles. The van der Waals surface area contributed by atoms with Crippen LogP contribution in [0.4, 0.5) is 0 Å². The summed E-state index contributed by atoms with van der Waals surface area (Å²) in [6.45, 7) is 6.34. The van der Waals surface area contributed by atoms with Crippen molar-refractivity contribution in [1.82, 2.24) is 0 Å². The summed E-state index contributed by atoms with van der Waals surface area (Å²) in [6, 6.07) is 23.5. The van der Waals surface area contributed by atoms with Gasteiger partial charge in [-0.15, -0.1) is 0 Å². The van der Waals surface area contributed by atoms with Crippen LogP contribution in [0.15, 0.2) is 66.7 Å². The van der Waals surface area contributed by atoms with Crippen LogP contribution >= 0.6 is 0 Å². The van der Waals surface area contributed by atoms with E-state index in [1.807, 2.05) is 6.92 Å². The van der Waals surface area contributed by atoms with Gasteiger partial charge in [0.25, 0.3) is 0 Å². The molecule has 3 aromatic carbocycles. The summed E-state index contributed by atoms with van der Waals surface area (Å²) in [5.41, 5.74) is 14.8. The molecule has 0 aliphatic rings. The average Bonchev–Trinajstić information content (AvgIpc) is 2.62. The van der Waals surface area contributed by atoms with Crippen molar-refractivity contribution in [2.24, 2.45) is 5.73 Å². The van der Waals surface area contributed by atoms with Gasteiger partial charge in [-0.05, 0) is 65.8 Å². The van der Waals surface area contributed by atoms with Crippen LogP contribution in [0.25, 0.3) is 23.3 Å². The maximum absolute atomic E-state index is 6.02. The van der Waals surface area contributed by atoms with E-state index >= 15 is 0 Å². The Kier molecular flexibility index (Phi) is 5.16. The van der Waals surface area contributed by atoms with E-state index in [9.17, 15) is 0 Å². The lowest BCUT2D eigenvalue weighted by Crippen LogP contribution is -2.05. The van der Waals surface area contributed by atoms with Crippen LogP contribution in [0, 0.1) is 13.8 Å². The summed E-state index contributed by atoms with van der Waals surface area (Å²) < 4.78 is 0. The smallest absolute Gasteiger partial charge is 0.0266 e. The molecular formula is C24H25N. The van der Waals surface area contributed by atoms with Crippen LogP contribution in [-0.4, -0.2) is 0 Å². The number of nitrogens with two attached hydrogens (primary N) is 1. The Morgan fingerprint density at radius 1 is 0.800 bits per heavy atom. The Labute approximate surface area is 150 Å². The number of hydrogen-bond acceptors (Lipinski definition) is 1. The fraction of sp³-hybridized carbons (Fsp3) is 0.167. The summed E-state index contributed by atoms with van der Waals surface area (Å²) in [5, 5.41) is 0. The molecular weight excluding hydrogens is 302 g/mol. The van der Waals surface area contributed by atoms with Gasteiger partial charge in [0.2, 0.25) is 0 Å². The molecule has 0 aromatic heterocycles. The monoisotopic (exact) mass is 327 g/mol. The van der Waals surface area contributed by atoms with Crippen molar-refractivity contribution in [3.8, 4) is 11.1 Å². The fourth-order valence-electron chi connectivity index (χ4n) is 3.07. The third-order valence-corrected chi connectivity index (χ3v) is 4.73. The van der Waals surface area contributed by atoms with Crippen molar-refractivity contribution in [2.75, 3.05) is 0 Å². The summed E-state index contributed by atoms with van der Waals surface area (Å²) in [7, 11) is 0. The molecule has 0 heterocycles. The molecule has 1 heteroatoms. The summed E-state index contributed by atoms with van der Waals surface area (Å²) >= 11 is 0. The number of benzene rings is 3. The van der Waals surface area contributed by atoms with Gasteiger partial charge in [-0.3, -0.25) is 0 Å². The molecule has 3 rings (SSSR count). The highest BCUT2D eigenvalue weighted by Gasteiger charge is 2.05. The summed E-state index contributed by atoms with van der Waals surface area (Å²) in [6.07, 6.45) is 4.40. The lowest BCUT2D eigenvalue weighted by atomic mass is 9.95. The van der Waals surface area contributed by atoms with Gasteiger partial charge in [-0.25, -0.2) is 0 Å². The molecule has 2 N–H and O–H groups in total. The Morgan fingerprint density at radius 3 is 2.24 bits per heavy atom. The zero-order chi connectivity index (χ0) is 17.8. The van der Waals surface area contributed by atoms with E-state index in [4.69, 9.17) is 5.73 Å². The van der Waals surface area contributed by atoms with E-state index < -0.39 is 0 Å². The van der Waals surface area contributed by atoms with E-state index in [1.54, 1.807) is 0 Å². The van der Waals surface area contributed by atoms with Crippen LogP contribution in [0.3, 0.4) is 0 Å². The van der Waals surface area contributed by atoms with E-state index in [0.29, 0.717) is 0 Å². The largest absolute Gasteiger partial charge is 0.324 e. The number of aryl methyl sites for hydroxylation is 1. The van der Waals surface area contributed by atoms with Crippen LogP contribution in [0.5, 0.6) is 0 Å². The highest BCUT2D eigenvalue weighted by atomic mass is 14.6. The topological polar surface area (TPSA) is 26.0 Å². The van der Waals surface area contributed by atoms with Crippen molar-refractivity contribution in [3.05, 3.63) is 94.5 Å². The van der Waals surface area contributed by atoms with E-state index in [2.05, 4.69) is 92.7 Å². The quantitative estimate of drug-likeness (QED) is 0.570. The van der Waals surface area contributed by atoms with Crippen LogP contribution < -0.4 is 5.73 Å². The molecule has 1 unspecified atom stereocenters. The molecule has 0 bridgehead atoms. The molecule has 0 aliphatic carbocycles. The average molecular weight is 327 g/mol. The first kappa shape index (κ1) is 17.2. The first-order valence-electron chi connectivity index (χ1n) is 8.75. The first-order chi connectivity index (χ1) is 12.1. The molecule has 25 heavy (non-hydrogen) atoms. The zero-order valence-corrected chi connectivity index (χ0v) is 15.2. The highest BCUT2D eigenvalue weighted by molar-refractivity contribution is 5.78. The minimum atomic E-state index is 0.0518. The molecule has 1 nitrogen and oxygen atoms in total. The SMILES string of the molecule is Cc1ccc(C(C)N)cc1/C=C/c1cccc(-c2ccccc2)c1C. The Hall–Kier alpha value is -2.64. The minimum absolute atomic E-state index is 0.0518. The van der Waals surface area contributed by atoms with Gasteiger partial charge < -0.3 is 5.73 Å². The predicted molar refractivity (Wildman–Crippen MR) is 109 cm³/mol. The lowest BCUT2D eigenvalue weighted by molar-refractivity contribution is 0.817. The lowest BCUT2D eigenvalue weighted by Gasteiger charge is -2.10. The third kappa shape index (κ3) is 3.89. The second-order valence-electron chi connectivity index (χ2n) is 6.62. The van der Waals surface area contributed by atoms with Gasteiger partial charge in [0.1, 0.15) is 0 Å². The van der Waals surface area contributed by atoms with Crippen molar-refractivity contribution >= 4 is 12.2 Å². The molecule has 3 aromatic rings. The second kappa shape index (κ2) is 7.50. The van der Waals surface area contributed by atoms with Gasteiger partial charge in [0, 0.05) is 6.04 Å². The maximum Gasteiger partial charge on any atom is 0.0266 e. The van der Waals surface area contributed by atoms with Gasteiger partial charge >= 0.3 is 0 Å². The van der Waals surface area contributed by atoms with Crippen LogP contribution in [-0.2, 0) is 0 Å². The van der Waals surface area contributed by atoms with Crippen molar-refractivity contribution in [2.45, 2.75) is 26.8 Å². The Morgan fingerprint density at radius 2 is 1.52 bits per heavy atom. The normalized spacial score (nSPS) is 12.5. The Bertz CT molecular complexity index is 889. The molecule has 1 atom stereocenters. The van der Waals surface area contributed by atoms with Crippen molar-refractivity contribution in [3.63, 3.8) is 0 Å². The van der Waals surface area contributed by atoms with Gasteiger partial charge in [-0.2, -0.15) is 0 Å². The standard InChI is InChI=1S/C24H25N/c1-17-12-13-23(19(3)25)16-22(17)15-14-20-10-7-11-24(18(20)2)21-8-5-4-6-9-21/h4-16,19H,25H2,1-3H3/b15-14+. The molecule has 0 fully saturated rings. The first-order valence-corrected chi connectivity index (χ1v) is 8.75. The molecule has 126 valence electrons. The zero-order valence-electron chi connectivity index (χ0n) is 15.2. The predicted octanol–water partition coefficient (Wildman–Crippen LogP) is 6.16. The fourth-order valence-corrected chi connectivity index (χ4v) is 3.07. The van der Waals surface area contributed by atoms with Crippen molar-refractivity contribution < 1.29 is 0 Å². The molecule has 0 aliphatic heterocycles. The maximum atomic E-state index is 6.02. The van der Waals surface area contributed by atoms with Crippen molar-refractivity contribution in [1.29, 1.82) is 0 Å². The summed E-state index contributed by atoms with van der Waals surface area (Å²) in [4.78, 5) is 0. The van der Waals surface area contributed by atoms with Crippen LogP contribution in [0.2, 0.25) is 0 Å². The minimum Gasteiger partial charge on any atom is -0.324 e. The molecule has 0 saturated carbocycles. The number of hydrogen-bond donors (Lipinski definition) is 1. The Balaban J connectivity index is 1.96. The molecule has 0 spiro atoms. The van der Waals surface area contributed by atoms with E-state index in [-0.39, 0.29) is 6.04 Å². The highest BCUT2D eigenvalue weighted by Crippen LogP contribution is 2.27. The molecule has 0 amide bonds. The van der Waals surface area contributed by atoms with Gasteiger partial charge in [0.15, 0.2) is 0 Å². The molecule has 0 radical (unpaired) electrons.